The molecule has 18 heavy (non-hydrogen) atoms. The lowest BCUT2D eigenvalue weighted by atomic mass is 10.2. The van der Waals surface area contributed by atoms with Crippen molar-refractivity contribution in [3.63, 3.8) is 0 Å². The van der Waals surface area contributed by atoms with Gasteiger partial charge < -0.3 is 4.74 Å². The molecule has 0 N–H and O–H groups in total. The highest BCUT2D eigenvalue weighted by Crippen LogP contribution is 2.14. The zero-order chi connectivity index (χ0) is 13.6. The topological polar surface area (TPSA) is 50.1 Å². The van der Waals surface area contributed by atoms with E-state index in [0.717, 1.165) is 11.3 Å². The molecule has 98 valence electrons. The van der Waals surface area contributed by atoms with Crippen molar-refractivity contribution in [2.45, 2.75) is 31.9 Å². The third-order valence-electron chi connectivity index (χ3n) is 2.43. The summed E-state index contributed by atoms with van der Waals surface area (Å²) in [7, 11) is -0.886. The van der Waals surface area contributed by atoms with E-state index in [4.69, 9.17) is 10.00 Å². The molecule has 1 aromatic carbocycles. The Morgan fingerprint density at radius 2 is 1.89 bits per heavy atom. The van der Waals surface area contributed by atoms with Crippen molar-refractivity contribution in [2.75, 3.05) is 12.4 Å². The van der Waals surface area contributed by atoms with Crippen LogP contribution in [-0.4, -0.2) is 21.3 Å². The quantitative estimate of drug-likeness (QED) is 0.822. The Kier molecular flexibility index (Phi) is 5.36. The van der Waals surface area contributed by atoms with Gasteiger partial charge in [0, 0.05) is 15.5 Å². The van der Waals surface area contributed by atoms with Gasteiger partial charge in [0.2, 0.25) is 0 Å². The van der Waals surface area contributed by atoms with E-state index in [9.17, 15) is 4.21 Å². The fourth-order valence-corrected chi connectivity index (χ4v) is 2.18. The summed E-state index contributed by atoms with van der Waals surface area (Å²) in [5, 5.41) is 8.55. The molecule has 0 amide bonds. The second-order valence-corrected chi connectivity index (χ2v) is 7.31. The van der Waals surface area contributed by atoms with Crippen molar-refractivity contribution in [3.8, 4) is 11.8 Å². The molecular weight excluding hydrogens is 246 g/mol. The second-order valence-electron chi connectivity index (χ2n) is 4.99. The van der Waals surface area contributed by atoms with Crippen molar-refractivity contribution < 1.29 is 8.95 Å². The van der Waals surface area contributed by atoms with Crippen molar-refractivity contribution in [2.24, 2.45) is 0 Å². The monoisotopic (exact) mass is 265 g/mol. The van der Waals surface area contributed by atoms with E-state index in [2.05, 4.69) is 6.07 Å². The van der Waals surface area contributed by atoms with E-state index in [1.54, 1.807) is 0 Å². The number of benzene rings is 1. The van der Waals surface area contributed by atoms with Gasteiger partial charge in [-0.1, -0.05) is 12.1 Å². The van der Waals surface area contributed by atoms with Crippen LogP contribution in [0.25, 0.3) is 0 Å². The zero-order valence-electron chi connectivity index (χ0n) is 11.1. The third kappa shape index (κ3) is 4.89. The maximum atomic E-state index is 11.8. The van der Waals surface area contributed by atoms with Crippen molar-refractivity contribution in [1.29, 1.82) is 5.26 Å². The van der Waals surface area contributed by atoms with Gasteiger partial charge in [0.1, 0.15) is 5.75 Å². The highest BCUT2D eigenvalue weighted by Gasteiger charge is 2.18. The molecular formula is C14H19NO2S. The summed E-state index contributed by atoms with van der Waals surface area (Å²) in [5.74, 6) is 1.28. The van der Waals surface area contributed by atoms with Crippen LogP contribution in [0.15, 0.2) is 24.3 Å². The highest BCUT2D eigenvalue weighted by molar-refractivity contribution is 7.86. The Labute approximate surface area is 111 Å². The van der Waals surface area contributed by atoms with Gasteiger partial charge in [0.15, 0.2) is 0 Å². The minimum Gasteiger partial charge on any atom is -0.493 e. The standard InChI is InChI=1S/C14H19NO2S/c1-14(2,3)18(16)11-10-17-13-6-4-12(5-7-13)8-9-15/h4-7H,8,10-11H2,1-3H3. The van der Waals surface area contributed by atoms with Gasteiger partial charge in [-0.2, -0.15) is 5.26 Å². The molecule has 1 atom stereocenters. The molecule has 1 unspecified atom stereocenters. The summed E-state index contributed by atoms with van der Waals surface area (Å²) < 4.78 is 17.1. The first kappa shape index (κ1) is 14.7. The molecule has 0 aliphatic heterocycles. The number of hydrogen-bond acceptors (Lipinski definition) is 3. The predicted molar refractivity (Wildman–Crippen MR) is 74.0 cm³/mol. The number of rotatable bonds is 5. The van der Waals surface area contributed by atoms with Crippen molar-refractivity contribution in [3.05, 3.63) is 29.8 Å². The first-order valence-electron chi connectivity index (χ1n) is 5.90. The molecule has 0 aliphatic carbocycles. The van der Waals surface area contributed by atoms with Crippen molar-refractivity contribution >= 4 is 10.8 Å². The first-order chi connectivity index (χ1) is 8.43. The summed E-state index contributed by atoms with van der Waals surface area (Å²) in [6, 6.07) is 9.53. The predicted octanol–water partition coefficient (Wildman–Crippen LogP) is 2.68. The van der Waals surface area contributed by atoms with Crippen LogP contribution in [0.2, 0.25) is 0 Å². The molecule has 3 nitrogen and oxygen atoms in total. The van der Waals surface area contributed by atoms with Gasteiger partial charge in [-0.3, -0.25) is 4.21 Å². The fourth-order valence-electron chi connectivity index (χ4n) is 1.34. The maximum absolute atomic E-state index is 11.8. The molecule has 0 bridgehead atoms. The van der Waals surface area contributed by atoms with Gasteiger partial charge in [-0.15, -0.1) is 0 Å². The van der Waals surface area contributed by atoms with Crippen molar-refractivity contribution in [1.82, 2.24) is 0 Å². The van der Waals surface area contributed by atoms with E-state index in [0.29, 0.717) is 18.8 Å². The Morgan fingerprint density at radius 1 is 1.28 bits per heavy atom. The molecule has 0 spiro atoms. The molecule has 0 aliphatic rings. The van der Waals surface area contributed by atoms with Crippen LogP contribution < -0.4 is 4.74 Å². The summed E-state index contributed by atoms with van der Waals surface area (Å²) in [5.41, 5.74) is 0.975. The first-order valence-corrected chi connectivity index (χ1v) is 7.22. The van der Waals surface area contributed by atoms with Gasteiger partial charge in [0.25, 0.3) is 0 Å². The van der Waals surface area contributed by atoms with E-state index >= 15 is 0 Å². The molecule has 0 aromatic heterocycles. The van der Waals surface area contributed by atoms with E-state index in [1.807, 2.05) is 45.0 Å². The lowest BCUT2D eigenvalue weighted by molar-refractivity contribution is 0.342. The number of nitrogens with zero attached hydrogens (tertiary/aromatic N) is 1. The lowest BCUT2D eigenvalue weighted by Gasteiger charge is -2.17. The number of hydrogen-bond donors (Lipinski definition) is 0. The normalized spacial score (nSPS) is 12.8. The van der Waals surface area contributed by atoms with E-state index in [1.165, 1.54) is 0 Å². The van der Waals surface area contributed by atoms with Gasteiger partial charge in [-0.25, -0.2) is 0 Å². The zero-order valence-corrected chi connectivity index (χ0v) is 11.9. The van der Waals surface area contributed by atoms with Gasteiger partial charge >= 0.3 is 0 Å². The van der Waals surface area contributed by atoms with Gasteiger partial charge in [0.05, 0.1) is 24.8 Å². The summed E-state index contributed by atoms with van der Waals surface area (Å²) in [6.45, 7) is 6.32. The molecule has 0 heterocycles. The molecule has 0 radical (unpaired) electrons. The SMILES string of the molecule is CC(C)(C)S(=O)CCOc1ccc(CC#N)cc1. The average Bonchev–Trinajstić information content (AvgIpc) is 2.30. The summed E-state index contributed by atoms with van der Waals surface area (Å²) >= 11 is 0. The minimum absolute atomic E-state index is 0.194. The van der Waals surface area contributed by atoms with Crippen LogP contribution in [0.1, 0.15) is 26.3 Å². The van der Waals surface area contributed by atoms with Crippen LogP contribution in [0.5, 0.6) is 5.75 Å². The van der Waals surface area contributed by atoms with E-state index < -0.39 is 10.8 Å². The smallest absolute Gasteiger partial charge is 0.119 e. The fraction of sp³-hybridized carbons (Fsp3) is 0.500. The Morgan fingerprint density at radius 3 is 2.39 bits per heavy atom. The largest absolute Gasteiger partial charge is 0.493 e. The molecule has 1 rings (SSSR count). The Balaban J connectivity index is 2.41. The lowest BCUT2D eigenvalue weighted by Crippen LogP contribution is -2.26. The molecule has 1 aromatic rings. The molecule has 4 heteroatoms. The van der Waals surface area contributed by atoms with E-state index in [-0.39, 0.29) is 4.75 Å². The summed E-state index contributed by atoms with van der Waals surface area (Å²) in [4.78, 5) is 0. The van der Waals surface area contributed by atoms with Crippen LogP contribution >= 0.6 is 0 Å². The minimum atomic E-state index is -0.886. The second kappa shape index (κ2) is 6.55. The van der Waals surface area contributed by atoms with Crippen LogP contribution in [0.4, 0.5) is 0 Å². The Hall–Kier alpha value is -1.34. The van der Waals surface area contributed by atoms with Gasteiger partial charge in [-0.05, 0) is 38.5 Å². The number of ether oxygens (including phenoxy) is 1. The van der Waals surface area contributed by atoms with Crippen LogP contribution in [0.3, 0.4) is 0 Å². The average molecular weight is 265 g/mol. The molecule has 0 fully saturated rings. The number of nitriles is 1. The van der Waals surface area contributed by atoms with Crippen LogP contribution in [-0.2, 0) is 17.2 Å². The maximum Gasteiger partial charge on any atom is 0.119 e. The van der Waals surface area contributed by atoms with Crippen LogP contribution in [0, 0.1) is 11.3 Å². The highest BCUT2D eigenvalue weighted by atomic mass is 32.2. The summed E-state index contributed by atoms with van der Waals surface area (Å²) in [6.07, 6.45) is 0.411. The Bertz CT molecular complexity index is 440. The molecule has 0 saturated heterocycles. The molecule has 0 saturated carbocycles. The third-order valence-corrected chi connectivity index (χ3v) is 4.33.